The molecule has 1 saturated heterocycles. The monoisotopic (exact) mass is 370 g/mol. The van der Waals surface area contributed by atoms with E-state index in [0.29, 0.717) is 5.56 Å². The molecule has 1 heterocycles. The van der Waals surface area contributed by atoms with E-state index in [1.807, 2.05) is 0 Å². The molecular formula is C19H21F3O2S. The highest BCUT2D eigenvalue weighted by molar-refractivity contribution is 8.01. The van der Waals surface area contributed by atoms with E-state index in [0.717, 1.165) is 17.8 Å². The predicted molar refractivity (Wildman–Crippen MR) is 93.1 cm³/mol. The zero-order chi connectivity index (χ0) is 18.7. The molecule has 3 rings (SSSR count). The lowest BCUT2D eigenvalue weighted by Crippen LogP contribution is -2.73. The summed E-state index contributed by atoms with van der Waals surface area (Å²) in [5, 5.41) is 0. The lowest BCUT2D eigenvalue weighted by molar-refractivity contribution is -0.296. The molecule has 0 amide bonds. The summed E-state index contributed by atoms with van der Waals surface area (Å²) >= 11 is 1.10. The zero-order valence-electron chi connectivity index (χ0n) is 14.6. The molecule has 1 unspecified atom stereocenters. The van der Waals surface area contributed by atoms with Crippen LogP contribution in [0.25, 0.3) is 6.08 Å². The fourth-order valence-corrected chi connectivity index (χ4v) is 5.90. The summed E-state index contributed by atoms with van der Waals surface area (Å²) in [6.07, 6.45) is -2.04. The summed E-state index contributed by atoms with van der Waals surface area (Å²) in [7, 11) is 0. The van der Waals surface area contributed by atoms with E-state index in [-0.39, 0.29) is 11.5 Å². The van der Waals surface area contributed by atoms with Gasteiger partial charge in [-0.1, -0.05) is 36.4 Å². The topological polar surface area (TPSA) is 26.3 Å². The molecule has 25 heavy (non-hydrogen) atoms. The first-order valence-corrected chi connectivity index (χ1v) is 9.08. The van der Waals surface area contributed by atoms with Gasteiger partial charge in [0, 0.05) is 5.75 Å². The van der Waals surface area contributed by atoms with Crippen LogP contribution in [0.4, 0.5) is 13.2 Å². The number of hydrogen-bond acceptors (Lipinski definition) is 3. The Morgan fingerprint density at radius 2 is 1.64 bits per heavy atom. The van der Waals surface area contributed by atoms with E-state index in [4.69, 9.17) is 4.74 Å². The maximum absolute atomic E-state index is 13.9. The van der Waals surface area contributed by atoms with Crippen LogP contribution in [0.2, 0.25) is 0 Å². The molecule has 2 fully saturated rings. The molecule has 0 bridgehead atoms. The lowest BCUT2D eigenvalue weighted by atomic mass is 9.51. The van der Waals surface area contributed by atoms with Gasteiger partial charge in [0.25, 0.3) is 0 Å². The summed E-state index contributed by atoms with van der Waals surface area (Å²) in [5.41, 5.74) is -3.66. The van der Waals surface area contributed by atoms with Crippen molar-refractivity contribution in [3.63, 3.8) is 0 Å². The largest absolute Gasteiger partial charge is 0.422 e. The Balaban J connectivity index is 2.01. The number of carbonyl (C=O) groups excluding carboxylic acids is 1. The molecule has 0 aromatic heterocycles. The molecule has 0 N–H and O–H groups in total. The molecule has 1 atom stereocenters. The fourth-order valence-electron chi connectivity index (χ4n) is 4.05. The second-order valence-corrected chi connectivity index (χ2v) is 8.87. The number of thioether (sulfide) groups is 1. The molecule has 6 heteroatoms. The standard InChI is InChI=1S/C19H21F3O2S/c1-15(2)14(23)16(3,4)18(15)24-17(12-25-18,19(20,21)22)11-10-13-8-6-5-7-9-13/h5-11H,12H2,1-4H3/b11-10+. The minimum Gasteiger partial charge on any atom is -0.341 e. The van der Waals surface area contributed by atoms with Crippen molar-refractivity contribution in [2.75, 3.05) is 5.75 Å². The third-order valence-electron chi connectivity index (χ3n) is 5.42. The number of halogens is 3. The molecule has 1 spiro atoms. The van der Waals surface area contributed by atoms with Crippen LogP contribution in [0.15, 0.2) is 36.4 Å². The number of Topliss-reactive ketones (excluding diaryl/α,β-unsaturated/α-hetero) is 1. The highest BCUT2D eigenvalue weighted by atomic mass is 32.2. The first kappa shape index (κ1) is 18.5. The van der Waals surface area contributed by atoms with Crippen LogP contribution in [-0.4, -0.2) is 28.2 Å². The quantitative estimate of drug-likeness (QED) is 0.725. The molecule has 1 saturated carbocycles. The SMILES string of the molecule is CC1(C)C(=O)C(C)(C)C12OC(/C=C/c1ccccc1)(C(F)(F)F)CS2. The van der Waals surface area contributed by atoms with Crippen LogP contribution in [0.5, 0.6) is 0 Å². The van der Waals surface area contributed by atoms with Gasteiger partial charge in [-0.2, -0.15) is 13.2 Å². The Hall–Kier alpha value is -1.27. The summed E-state index contributed by atoms with van der Waals surface area (Å²) in [4.78, 5) is 11.2. The van der Waals surface area contributed by atoms with Crippen LogP contribution in [0.1, 0.15) is 33.3 Å². The van der Waals surface area contributed by atoms with E-state index in [1.54, 1.807) is 58.0 Å². The van der Waals surface area contributed by atoms with Crippen molar-refractivity contribution in [3.8, 4) is 0 Å². The second-order valence-electron chi connectivity index (χ2n) is 7.72. The van der Waals surface area contributed by atoms with Crippen LogP contribution >= 0.6 is 11.8 Å². The number of benzene rings is 1. The van der Waals surface area contributed by atoms with Gasteiger partial charge >= 0.3 is 6.18 Å². The van der Waals surface area contributed by atoms with Gasteiger partial charge in [-0.25, -0.2) is 0 Å². The summed E-state index contributed by atoms with van der Waals surface area (Å²) in [6, 6.07) is 8.81. The van der Waals surface area contributed by atoms with Gasteiger partial charge < -0.3 is 4.74 Å². The minimum absolute atomic E-state index is 0.0717. The Morgan fingerprint density at radius 1 is 1.08 bits per heavy atom. The van der Waals surface area contributed by atoms with Gasteiger partial charge in [-0.15, -0.1) is 11.8 Å². The molecule has 0 radical (unpaired) electrons. The lowest BCUT2D eigenvalue weighted by Gasteiger charge is -2.62. The van der Waals surface area contributed by atoms with Crippen LogP contribution in [0.3, 0.4) is 0 Å². The number of hydrogen-bond donors (Lipinski definition) is 0. The molecule has 136 valence electrons. The maximum Gasteiger partial charge on any atom is 0.422 e. The minimum atomic E-state index is -4.57. The smallest absolute Gasteiger partial charge is 0.341 e. The van der Waals surface area contributed by atoms with Gasteiger partial charge in [0.1, 0.15) is 4.93 Å². The summed E-state index contributed by atoms with van der Waals surface area (Å²) in [5.74, 6) is -0.336. The number of rotatable bonds is 2. The Morgan fingerprint density at radius 3 is 2.16 bits per heavy atom. The molecule has 1 aromatic carbocycles. The van der Waals surface area contributed by atoms with Gasteiger partial charge in [0.2, 0.25) is 0 Å². The van der Waals surface area contributed by atoms with Crippen molar-refractivity contribution in [1.82, 2.24) is 0 Å². The van der Waals surface area contributed by atoms with Crippen molar-refractivity contribution in [2.45, 2.75) is 44.4 Å². The van der Waals surface area contributed by atoms with Crippen molar-refractivity contribution in [3.05, 3.63) is 42.0 Å². The molecule has 1 aromatic rings. The molecule has 1 aliphatic carbocycles. The first-order chi connectivity index (χ1) is 11.4. The van der Waals surface area contributed by atoms with Crippen LogP contribution in [-0.2, 0) is 9.53 Å². The molecular weight excluding hydrogens is 349 g/mol. The molecule has 2 nitrogen and oxygen atoms in total. The van der Waals surface area contributed by atoms with Crippen molar-refractivity contribution < 1.29 is 22.7 Å². The van der Waals surface area contributed by atoms with Crippen LogP contribution < -0.4 is 0 Å². The van der Waals surface area contributed by atoms with E-state index >= 15 is 0 Å². The normalized spacial score (nSPS) is 30.0. The Kier molecular flexibility index (Phi) is 3.97. The van der Waals surface area contributed by atoms with Crippen molar-refractivity contribution >= 4 is 23.6 Å². The zero-order valence-corrected chi connectivity index (χ0v) is 15.4. The highest BCUT2D eigenvalue weighted by Gasteiger charge is 2.80. The van der Waals surface area contributed by atoms with E-state index in [2.05, 4.69) is 0 Å². The Bertz CT molecular complexity index is 704. The average Bonchev–Trinajstić information content (AvgIpc) is 2.97. The summed E-state index contributed by atoms with van der Waals surface area (Å²) in [6.45, 7) is 6.67. The predicted octanol–water partition coefficient (Wildman–Crippen LogP) is 5.10. The molecule has 1 aliphatic heterocycles. The van der Waals surface area contributed by atoms with E-state index < -0.39 is 27.5 Å². The maximum atomic E-state index is 13.9. The van der Waals surface area contributed by atoms with Gasteiger partial charge in [0.05, 0.1) is 10.8 Å². The fraction of sp³-hybridized carbons (Fsp3) is 0.526. The van der Waals surface area contributed by atoms with E-state index in [9.17, 15) is 18.0 Å². The summed E-state index contributed by atoms with van der Waals surface area (Å²) < 4.78 is 47.6. The third-order valence-corrected chi connectivity index (χ3v) is 7.50. The number of ether oxygens (including phenoxy) is 1. The number of alkyl halides is 3. The second kappa shape index (κ2) is 5.36. The van der Waals surface area contributed by atoms with Crippen LogP contribution in [0, 0.1) is 10.8 Å². The van der Waals surface area contributed by atoms with Crippen molar-refractivity contribution in [2.24, 2.45) is 10.8 Å². The van der Waals surface area contributed by atoms with E-state index in [1.165, 1.54) is 6.08 Å². The Labute approximate surface area is 149 Å². The third kappa shape index (κ3) is 2.33. The van der Waals surface area contributed by atoms with Gasteiger partial charge in [0.15, 0.2) is 11.4 Å². The van der Waals surface area contributed by atoms with Crippen molar-refractivity contribution in [1.29, 1.82) is 0 Å². The number of carbonyl (C=O) groups is 1. The van der Waals surface area contributed by atoms with Gasteiger partial charge in [-0.3, -0.25) is 4.79 Å². The highest BCUT2D eigenvalue weighted by Crippen LogP contribution is 2.71. The average molecular weight is 370 g/mol. The van der Waals surface area contributed by atoms with Gasteiger partial charge in [-0.05, 0) is 39.3 Å². The molecule has 2 aliphatic rings. The first-order valence-electron chi connectivity index (χ1n) is 8.10. The number of ketones is 1.